The van der Waals surface area contributed by atoms with E-state index in [1.54, 1.807) is 0 Å². The Labute approximate surface area is 74.7 Å². The van der Waals surface area contributed by atoms with Crippen LogP contribution in [0.1, 0.15) is 40.0 Å². The van der Waals surface area contributed by atoms with Gasteiger partial charge in [0.25, 0.3) is 0 Å². The minimum Gasteiger partial charge on any atom is -0.324 e. The van der Waals surface area contributed by atoms with Gasteiger partial charge in [-0.25, -0.2) is 0 Å². The predicted octanol–water partition coefficient (Wildman–Crippen LogP) is 2.79. The van der Waals surface area contributed by atoms with Crippen LogP contribution >= 0.6 is 7.60 Å². The second-order valence-corrected chi connectivity index (χ2v) is 5.00. The molecule has 74 valence electrons. The van der Waals surface area contributed by atoms with Crippen LogP contribution in [0.25, 0.3) is 0 Å². The van der Waals surface area contributed by atoms with Gasteiger partial charge >= 0.3 is 7.60 Å². The molecule has 0 amide bonds. The van der Waals surface area contributed by atoms with Gasteiger partial charge in [-0.3, -0.25) is 4.57 Å². The summed E-state index contributed by atoms with van der Waals surface area (Å²) >= 11 is 0. The molecule has 0 aliphatic heterocycles. The van der Waals surface area contributed by atoms with Crippen LogP contribution in [-0.4, -0.2) is 17.2 Å². The predicted molar refractivity (Wildman–Crippen MR) is 50.4 cm³/mol. The molecule has 0 aromatic carbocycles. The van der Waals surface area contributed by atoms with Crippen molar-refractivity contribution in [3.8, 4) is 0 Å². The maximum Gasteiger partial charge on any atom is 0.328 e. The highest BCUT2D eigenvalue weighted by atomic mass is 31.2. The number of hydrogen-bond acceptors (Lipinski definition) is 2. The van der Waals surface area contributed by atoms with Gasteiger partial charge in [-0.1, -0.05) is 20.3 Å². The summed E-state index contributed by atoms with van der Waals surface area (Å²) in [6.07, 6.45) is 2.67. The second-order valence-electron chi connectivity index (χ2n) is 3.07. The summed E-state index contributed by atoms with van der Waals surface area (Å²) in [5.41, 5.74) is 0. The van der Waals surface area contributed by atoms with E-state index in [9.17, 15) is 9.46 Å². The Morgan fingerprint density at radius 2 is 2.00 bits per heavy atom. The van der Waals surface area contributed by atoms with Crippen LogP contribution in [0.3, 0.4) is 0 Å². The first-order valence-corrected chi connectivity index (χ1v) is 6.28. The molecule has 0 aromatic heterocycles. The van der Waals surface area contributed by atoms with Crippen LogP contribution in [0.15, 0.2) is 0 Å². The molecule has 2 atom stereocenters. The van der Waals surface area contributed by atoms with Crippen LogP contribution in [0, 0.1) is 0 Å². The molecule has 0 rings (SSSR count). The third-order valence-corrected chi connectivity index (χ3v) is 3.25. The molecule has 1 N–H and O–H groups in total. The Balaban J connectivity index is 3.79. The van der Waals surface area contributed by atoms with Gasteiger partial charge in [0.15, 0.2) is 0 Å². The van der Waals surface area contributed by atoms with Gasteiger partial charge in [0, 0.05) is 6.16 Å². The summed E-state index contributed by atoms with van der Waals surface area (Å²) in [4.78, 5) is 9.24. The van der Waals surface area contributed by atoms with Gasteiger partial charge in [-0.15, -0.1) is 0 Å². The molecule has 0 fully saturated rings. The first-order valence-electron chi connectivity index (χ1n) is 4.52. The van der Waals surface area contributed by atoms with E-state index in [0.717, 1.165) is 12.8 Å². The lowest BCUT2D eigenvalue weighted by molar-refractivity contribution is 0.180. The molecular weight excluding hydrogens is 175 g/mol. The molecule has 0 aliphatic carbocycles. The summed E-state index contributed by atoms with van der Waals surface area (Å²) in [6, 6.07) is 0. The van der Waals surface area contributed by atoms with Gasteiger partial charge in [-0.2, -0.15) is 0 Å². The van der Waals surface area contributed by atoms with Crippen molar-refractivity contribution in [2.24, 2.45) is 0 Å². The van der Waals surface area contributed by atoms with Crippen molar-refractivity contribution in [3.05, 3.63) is 0 Å². The highest BCUT2D eigenvalue weighted by Gasteiger charge is 2.20. The van der Waals surface area contributed by atoms with Gasteiger partial charge in [-0.05, 0) is 19.8 Å². The Morgan fingerprint density at radius 1 is 1.42 bits per heavy atom. The van der Waals surface area contributed by atoms with E-state index in [1.165, 1.54) is 0 Å². The first kappa shape index (κ1) is 12.2. The van der Waals surface area contributed by atoms with Gasteiger partial charge in [0.05, 0.1) is 6.10 Å². The van der Waals surface area contributed by atoms with Gasteiger partial charge in [0.1, 0.15) is 0 Å². The number of hydrogen-bond donors (Lipinski definition) is 1. The van der Waals surface area contributed by atoms with Crippen molar-refractivity contribution >= 4 is 7.60 Å². The third-order valence-electron chi connectivity index (χ3n) is 1.55. The number of rotatable bonds is 6. The molecule has 12 heavy (non-hydrogen) atoms. The Kier molecular flexibility index (Phi) is 5.81. The molecule has 3 nitrogen and oxygen atoms in total. The first-order chi connectivity index (χ1) is 5.52. The Hall–Kier alpha value is 0.150. The van der Waals surface area contributed by atoms with E-state index < -0.39 is 7.60 Å². The zero-order valence-electron chi connectivity index (χ0n) is 8.12. The van der Waals surface area contributed by atoms with E-state index in [2.05, 4.69) is 0 Å². The molecule has 0 spiro atoms. The molecule has 0 heterocycles. The lowest BCUT2D eigenvalue weighted by Crippen LogP contribution is -2.07. The van der Waals surface area contributed by atoms with Crippen LogP contribution in [0.2, 0.25) is 0 Å². The standard InChI is InChI=1S/C8H19O3P/c1-4-6-8(3)11-12(9,10)7-5-2/h8H,4-7H2,1-3H3,(H,9,10). The lowest BCUT2D eigenvalue weighted by atomic mass is 10.2. The second kappa shape index (κ2) is 5.74. The Bertz CT molecular complexity index is 158. The topological polar surface area (TPSA) is 46.5 Å². The van der Waals surface area contributed by atoms with E-state index in [0.29, 0.717) is 6.42 Å². The molecule has 0 radical (unpaired) electrons. The van der Waals surface area contributed by atoms with Gasteiger partial charge in [0.2, 0.25) is 0 Å². The summed E-state index contributed by atoms with van der Waals surface area (Å²) in [5, 5.41) is 0. The average Bonchev–Trinajstić information content (AvgIpc) is 1.85. The molecule has 4 heteroatoms. The zero-order valence-corrected chi connectivity index (χ0v) is 9.01. The van der Waals surface area contributed by atoms with Crippen molar-refractivity contribution < 1.29 is 14.0 Å². The molecule has 0 aliphatic rings. The molecule has 0 bridgehead atoms. The smallest absolute Gasteiger partial charge is 0.324 e. The van der Waals surface area contributed by atoms with E-state index in [4.69, 9.17) is 4.52 Å². The highest BCUT2D eigenvalue weighted by molar-refractivity contribution is 7.52. The van der Waals surface area contributed by atoms with Crippen LogP contribution < -0.4 is 0 Å². The normalized spacial score (nSPS) is 18.7. The fourth-order valence-electron chi connectivity index (χ4n) is 1.08. The molecule has 0 saturated carbocycles. The highest BCUT2D eigenvalue weighted by Crippen LogP contribution is 2.44. The third kappa shape index (κ3) is 5.76. The van der Waals surface area contributed by atoms with Crippen molar-refractivity contribution in [2.75, 3.05) is 6.16 Å². The van der Waals surface area contributed by atoms with Crippen molar-refractivity contribution in [1.82, 2.24) is 0 Å². The average molecular weight is 194 g/mol. The summed E-state index contributed by atoms with van der Waals surface area (Å²) in [5.74, 6) is 0. The maximum absolute atomic E-state index is 11.2. The molecular formula is C8H19O3P. The lowest BCUT2D eigenvalue weighted by Gasteiger charge is -2.16. The van der Waals surface area contributed by atoms with Crippen molar-refractivity contribution in [2.45, 2.75) is 46.1 Å². The Morgan fingerprint density at radius 3 is 2.42 bits per heavy atom. The fourth-order valence-corrected chi connectivity index (χ4v) is 2.41. The summed E-state index contributed by atoms with van der Waals surface area (Å²) in [6.45, 7) is 5.74. The van der Waals surface area contributed by atoms with E-state index >= 15 is 0 Å². The minimum absolute atomic E-state index is 0.0996. The van der Waals surface area contributed by atoms with Crippen LogP contribution in [-0.2, 0) is 9.09 Å². The SMILES string of the molecule is CCCC(C)OP(=O)(O)CCC. The molecule has 0 aromatic rings. The summed E-state index contributed by atoms with van der Waals surface area (Å²) in [7, 11) is -3.28. The molecule has 0 saturated heterocycles. The minimum atomic E-state index is -3.28. The van der Waals surface area contributed by atoms with Crippen molar-refractivity contribution in [1.29, 1.82) is 0 Å². The monoisotopic (exact) mass is 194 g/mol. The van der Waals surface area contributed by atoms with Crippen molar-refractivity contribution in [3.63, 3.8) is 0 Å². The summed E-state index contributed by atoms with van der Waals surface area (Å²) < 4.78 is 16.3. The van der Waals surface area contributed by atoms with Crippen LogP contribution in [0.5, 0.6) is 0 Å². The quantitative estimate of drug-likeness (QED) is 0.661. The zero-order chi connectivity index (χ0) is 9.61. The van der Waals surface area contributed by atoms with E-state index in [-0.39, 0.29) is 12.3 Å². The van der Waals surface area contributed by atoms with Gasteiger partial charge < -0.3 is 9.42 Å². The largest absolute Gasteiger partial charge is 0.328 e. The fraction of sp³-hybridized carbons (Fsp3) is 1.00. The maximum atomic E-state index is 11.2. The van der Waals surface area contributed by atoms with E-state index in [1.807, 2.05) is 20.8 Å². The molecule has 2 unspecified atom stereocenters. The van der Waals surface area contributed by atoms with Crippen LogP contribution in [0.4, 0.5) is 0 Å².